The van der Waals surface area contributed by atoms with Crippen LogP contribution in [0.4, 0.5) is 8.78 Å². The topological polar surface area (TPSA) is 62.6 Å². The van der Waals surface area contributed by atoms with Gasteiger partial charge in [-0.05, 0) is 0 Å². The molecule has 24 heavy (non-hydrogen) atoms. The van der Waals surface area contributed by atoms with E-state index < -0.39 is 40.6 Å². The molecule has 1 aromatic carbocycles. The summed E-state index contributed by atoms with van der Waals surface area (Å²) >= 11 is -1.26. The molecule has 0 saturated carbocycles. The molecule has 2 aromatic heterocycles. The maximum absolute atomic E-state index is 14.3. The molecule has 0 N–H and O–H groups in total. The van der Waals surface area contributed by atoms with E-state index in [9.17, 15) is 8.78 Å². The van der Waals surface area contributed by atoms with Crippen LogP contribution in [0.3, 0.4) is 0 Å². The van der Waals surface area contributed by atoms with Crippen LogP contribution in [0, 0.1) is 42.7 Å². The third kappa shape index (κ3) is 2.24. The Morgan fingerprint density at radius 3 is 1.88 bits per heavy atom. The first kappa shape index (κ1) is 16.0. The number of halogens is 2. The number of benzene rings is 1. The summed E-state index contributed by atoms with van der Waals surface area (Å²) in [6.07, 6.45) is 0. The average molecular weight is 448 g/mol. The summed E-state index contributed by atoms with van der Waals surface area (Å²) in [5.74, 6) is -2.63. The fourth-order valence-electron chi connectivity index (χ4n) is 1.89. The van der Waals surface area contributed by atoms with Gasteiger partial charge in [0.1, 0.15) is 0 Å². The Balaban J connectivity index is 2.63. The van der Waals surface area contributed by atoms with Gasteiger partial charge in [-0.15, -0.1) is 0 Å². The van der Waals surface area contributed by atoms with Gasteiger partial charge in [0.05, 0.1) is 0 Å². The molecular formula is C14F2N6Se2. The van der Waals surface area contributed by atoms with Gasteiger partial charge in [0.25, 0.3) is 0 Å². The second kappa shape index (κ2) is 5.99. The molecular weight excluding hydrogens is 448 g/mol. The van der Waals surface area contributed by atoms with Crippen molar-refractivity contribution in [2.75, 3.05) is 0 Å². The first-order valence-electron chi connectivity index (χ1n) is 5.90. The molecule has 3 rings (SSSR count). The minimum atomic E-state index is -1.18. The second-order valence-corrected chi connectivity index (χ2v) is 8.33. The Morgan fingerprint density at radius 1 is 0.917 bits per heavy atom. The van der Waals surface area contributed by atoms with Crippen LogP contribution in [0.15, 0.2) is 0 Å². The van der Waals surface area contributed by atoms with E-state index in [2.05, 4.69) is 24.5 Å². The van der Waals surface area contributed by atoms with Crippen molar-refractivity contribution in [2.45, 2.75) is 0 Å². The molecule has 3 aromatic rings. The van der Waals surface area contributed by atoms with Crippen LogP contribution in [0.25, 0.3) is 45.6 Å². The number of hydrogen-bond donors (Lipinski definition) is 0. The molecule has 112 valence electrons. The molecule has 0 aliphatic carbocycles. The molecule has 2 heterocycles. The first-order valence-corrected chi connectivity index (χ1v) is 9.33. The van der Waals surface area contributed by atoms with Gasteiger partial charge in [0, 0.05) is 0 Å². The molecule has 0 aliphatic heterocycles. The third-order valence-electron chi connectivity index (χ3n) is 2.89. The van der Waals surface area contributed by atoms with Gasteiger partial charge in [-0.1, -0.05) is 0 Å². The summed E-state index contributed by atoms with van der Waals surface area (Å²) < 4.78 is 29.7. The molecule has 0 saturated heterocycles. The summed E-state index contributed by atoms with van der Waals surface area (Å²) in [6, 6.07) is 1.70. The van der Waals surface area contributed by atoms with Gasteiger partial charge in [-0.2, -0.15) is 0 Å². The van der Waals surface area contributed by atoms with Crippen LogP contribution >= 0.6 is 0 Å². The first-order chi connectivity index (χ1) is 11.5. The molecule has 0 bridgehead atoms. The average Bonchev–Trinajstić information content (AvgIpc) is 3.20. The molecule has 0 amide bonds. The molecule has 0 unspecified atom stereocenters. The number of fused-ring (bicyclic) bond motifs is 3. The second-order valence-electron chi connectivity index (χ2n) is 4.14. The van der Waals surface area contributed by atoms with E-state index in [1.54, 1.807) is 6.07 Å². The van der Waals surface area contributed by atoms with Gasteiger partial charge < -0.3 is 0 Å². The molecule has 10 heteroatoms. The molecule has 0 radical (unpaired) electrons. The monoisotopic (exact) mass is 450 g/mol. The summed E-state index contributed by atoms with van der Waals surface area (Å²) in [5, 5.41) is 8.93. The molecule has 0 spiro atoms. The molecule has 6 nitrogen and oxygen atoms in total. The molecule has 0 aliphatic rings. The van der Waals surface area contributed by atoms with Crippen molar-refractivity contribution in [1.29, 1.82) is 5.26 Å². The van der Waals surface area contributed by atoms with Crippen LogP contribution in [-0.4, -0.2) is 39.0 Å². The molecule has 0 atom stereocenters. The van der Waals surface area contributed by atoms with Gasteiger partial charge in [-0.3, -0.25) is 0 Å². The van der Waals surface area contributed by atoms with Crippen LogP contribution in [-0.2, 0) is 0 Å². The van der Waals surface area contributed by atoms with Crippen LogP contribution < -0.4 is 8.45 Å². The van der Waals surface area contributed by atoms with Gasteiger partial charge >= 0.3 is 144 Å². The van der Waals surface area contributed by atoms with Crippen molar-refractivity contribution in [1.82, 2.24) is 9.97 Å². The Bertz CT molecular complexity index is 1190. The number of nitrogens with zero attached hydrogens (tertiary/aromatic N) is 6. The van der Waals surface area contributed by atoms with Gasteiger partial charge in [-0.25, -0.2) is 0 Å². The van der Waals surface area contributed by atoms with E-state index in [0.29, 0.717) is 8.52 Å². The van der Waals surface area contributed by atoms with Crippen LogP contribution in [0.1, 0.15) is 0 Å². The van der Waals surface area contributed by atoms with E-state index in [0.717, 1.165) is 0 Å². The fraction of sp³-hybridized carbons (Fsp3) is 0. The van der Waals surface area contributed by atoms with Crippen LogP contribution in [0.5, 0.6) is 0 Å². The van der Waals surface area contributed by atoms with Gasteiger partial charge in [0.15, 0.2) is 0 Å². The number of nitriles is 1. The van der Waals surface area contributed by atoms with E-state index in [1.807, 2.05) is 0 Å². The Kier molecular flexibility index (Phi) is 4.00. The summed E-state index contributed by atoms with van der Waals surface area (Å²) in [5.41, 5.74) is -0.658. The van der Waals surface area contributed by atoms with E-state index in [4.69, 9.17) is 25.0 Å². The number of hydrogen-bond acceptors (Lipinski definition) is 3. The standard InChI is InChI=1S/C14F2N6Se2/c1-18-5(4-17)13-21-8-6(15)7(16)9-11(10(8)23-13)24-14(22-9)12(19-2)20-3/b13-5-. The predicted octanol–water partition coefficient (Wildman–Crippen LogP) is 0.631. The van der Waals surface area contributed by atoms with Crippen molar-refractivity contribution >= 4 is 60.1 Å². The predicted molar refractivity (Wildman–Crippen MR) is 82.3 cm³/mol. The quantitative estimate of drug-likeness (QED) is 0.375. The zero-order valence-electron chi connectivity index (χ0n) is 11.3. The van der Waals surface area contributed by atoms with Crippen LogP contribution in [0.2, 0.25) is 0 Å². The van der Waals surface area contributed by atoms with Gasteiger partial charge in [0.2, 0.25) is 0 Å². The minimum absolute atomic E-state index is 0.144. The van der Waals surface area contributed by atoms with Crippen molar-refractivity contribution in [3.05, 3.63) is 54.3 Å². The van der Waals surface area contributed by atoms with E-state index in [1.165, 1.54) is 0 Å². The van der Waals surface area contributed by atoms with Crippen molar-refractivity contribution < 1.29 is 8.78 Å². The summed E-state index contributed by atoms with van der Waals surface area (Å²) in [6.45, 7) is 20.9. The Hall–Kier alpha value is -2.84. The summed E-state index contributed by atoms with van der Waals surface area (Å²) in [4.78, 5) is 17.0. The zero-order chi connectivity index (χ0) is 17.4. The van der Waals surface area contributed by atoms with Crippen molar-refractivity contribution in [2.24, 2.45) is 0 Å². The fourth-order valence-corrected chi connectivity index (χ4v) is 6.73. The zero-order valence-corrected chi connectivity index (χ0v) is 14.7. The summed E-state index contributed by atoms with van der Waals surface area (Å²) in [7, 11) is 0. The van der Waals surface area contributed by atoms with E-state index >= 15 is 0 Å². The Morgan fingerprint density at radius 2 is 1.42 bits per heavy atom. The SMILES string of the molecule is [C-]#[N+]C([N+]#[C-])=c1nc2c(F)c(F)c3n/c(=C(\C#N)[N+]#[C-])[se]c3c2[se]1. The van der Waals surface area contributed by atoms with E-state index in [-0.39, 0.29) is 31.0 Å². The normalized spacial score (nSPS) is 11.4. The third-order valence-corrected chi connectivity index (χ3v) is 8.05. The number of aromatic nitrogens is 2. The van der Waals surface area contributed by atoms with Crippen molar-refractivity contribution in [3.63, 3.8) is 0 Å². The van der Waals surface area contributed by atoms with Crippen molar-refractivity contribution in [3.8, 4) is 6.07 Å². The Labute approximate surface area is 144 Å². The molecule has 0 fully saturated rings. The number of rotatable bonds is 0. The maximum atomic E-state index is 14.3.